The van der Waals surface area contributed by atoms with E-state index in [1.54, 1.807) is 17.1 Å². The Labute approximate surface area is 157 Å². The van der Waals surface area contributed by atoms with Crippen molar-refractivity contribution in [1.82, 2.24) is 14.5 Å². The minimum Gasteiger partial charge on any atom is -0.377 e. The summed E-state index contributed by atoms with van der Waals surface area (Å²) in [5, 5.41) is 0.959. The molecule has 4 rings (SSSR count). The maximum absolute atomic E-state index is 12.9. The van der Waals surface area contributed by atoms with E-state index < -0.39 is 0 Å². The van der Waals surface area contributed by atoms with Crippen LogP contribution >= 0.6 is 11.3 Å². The molecule has 1 atom stereocenters. The largest absolute Gasteiger partial charge is 0.377 e. The van der Waals surface area contributed by atoms with Gasteiger partial charge in [0.15, 0.2) is 0 Å². The maximum atomic E-state index is 12.9. The van der Waals surface area contributed by atoms with Crippen LogP contribution in [0.4, 0.5) is 5.69 Å². The first-order valence-corrected chi connectivity index (χ1v) is 10.0. The van der Waals surface area contributed by atoms with E-state index in [1.807, 2.05) is 38.9 Å². The summed E-state index contributed by atoms with van der Waals surface area (Å²) in [5.41, 5.74) is 1.78. The van der Waals surface area contributed by atoms with Gasteiger partial charge in [0.2, 0.25) is 0 Å². The number of ether oxygens (including phenoxy) is 1. The standard InChI is InChI=1S/C17H20N4O2S.C2H6/c1-20(2)12-6-7-18-16-13(12)14-15(24-16)17(22)21(10-19-14)9-11-5-3-4-8-23-11;1-2/h6-7,10-11H,3-5,8-9H2,1-2H3;1-2H3. The van der Waals surface area contributed by atoms with E-state index >= 15 is 0 Å². The van der Waals surface area contributed by atoms with Crippen molar-refractivity contribution in [3.8, 4) is 0 Å². The fraction of sp³-hybridized carbons (Fsp3) is 0.526. The Morgan fingerprint density at radius 1 is 1.31 bits per heavy atom. The van der Waals surface area contributed by atoms with Gasteiger partial charge in [-0.25, -0.2) is 9.97 Å². The van der Waals surface area contributed by atoms with E-state index in [9.17, 15) is 4.79 Å². The fourth-order valence-corrected chi connectivity index (χ4v) is 4.31. The van der Waals surface area contributed by atoms with E-state index in [1.165, 1.54) is 11.3 Å². The van der Waals surface area contributed by atoms with Crippen LogP contribution in [0.5, 0.6) is 0 Å². The quantitative estimate of drug-likeness (QED) is 0.700. The zero-order chi connectivity index (χ0) is 18.7. The lowest BCUT2D eigenvalue weighted by Crippen LogP contribution is -2.30. The van der Waals surface area contributed by atoms with E-state index in [0.717, 1.165) is 47.3 Å². The molecule has 0 saturated carbocycles. The molecular weight excluding hydrogens is 348 g/mol. The van der Waals surface area contributed by atoms with E-state index in [0.29, 0.717) is 11.2 Å². The van der Waals surface area contributed by atoms with Crippen molar-refractivity contribution in [1.29, 1.82) is 0 Å². The van der Waals surface area contributed by atoms with Gasteiger partial charge in [-0.2, -0.15) is 0 Å². The van der Waals surface area contributed by atoms with Crippen molar-refractivity contribution in [3.05, 3.63) is 28.9 Å². The van der Waals surface area contributed by atoms with Crippen LogP contribution in [0.3, 0.4) is 0 Å². The van der Waals surface area contributed by atoms with Crippen molar-refractivity contribution in [2.75, 3.05) is 25.6 Å². The minimum atomic E-state index is 0.00174. The number of fused-ring (bicyclic) bond motifs is 3. The van der Waals surface area contributed by atoms with Crippen LogP contribution in [-0.4, -0.2) is 41.3 Å². The monoisotopic (exact) mass is 374 g/mol. The van der Waals surface area contributed by atoms with Crippen LogP contribution in [0.25, 0.3) is 20.4 Å². The lowest BCUT2D eigenvalue weighted by molar-refractivity contribution is 0.00536. The molecule has 4 heterocycles. The average molecular weight is 375 g/mol. The Balaban J connectivity index is 0.000000948. The molecule has 0 aliphatic carbocycles. The van der Waals surface area contributed by atoms with Gasteiger partial charge < -0.3 is 9.64 Å². The number of nitrogens with zero attached hydrogens (tertiary/aromatic N) is 4. The van der Waals surface area contributed by atoms with Gasteiger partial charge in [-0.1, -0.05) is 13.8 Å². The molecule has 0 amide bonds. The number of rotatable bonds is 3. The van der Waals surface area contributed by atoms with Gasteiger partial charge in [0.1, 0.15) is 9.53 Å². The van der Waals surface area contributed by atoms with Crippen LogP contribution in [0, 0.1) is 0 Å². The van der Waals surface area contributed by atoms with Crippen molar-refractivity contribution in [2.45, 2.75) is 45.8 Å². The van der Waals surface area contributed by atoms with Crippen molar-refractivity contribution in [3.63, 3.8) is 0 Å². The molecule has 0 spiro atoms. The van der Waals surface area contributed by atoms with Gasteiger partial charge in [0.05, 0.1) is 35.6 Å². The summed E-state index contributed by atoms with van der Waals surface area (Å²) in [6.07, 6.45) is 6.82. The summed E-state index contributed by atoms with van der Waals surface area (Å²) in [5.74, 6) is 0. The number of thiophene rings is 1. The zero-order valence-electron chi connectivity index (χ0n) is 15.9. The fourth-order valence-electron chi connectivity index (χ4n) is 3.24. The average Bonchev–Trinajstić information content (AvgIpc) is 3.06. The molecule has 0 bridgehead atoms. The van der Waals surface area contributed by atoms with Gasteiger partial charge in [-0.15, -0.1) is 11.3 Å². The van der Waals surface area contributed by atoms with Crippen LogP contribution in [-0.2, 0) is 11.3 Å². The number of pyridine rings is 1. The van der Waals surface area contributed by atoms with E-state index in [-0.39, 0.29) is 11.7 Å². The Morgan fingerprint density at radius 2 is 2.12 bits per heavy atom. The third-order valence-corrected chi connectivity index (χ3v) is 5.56. The summed E-state index contributed by atoms with van der Waals surface area (Å²) in [7, 11) is 3.97. The second kappa shape index (κ2) is 8.14. The third-order valence-electron chi connectivity index (χ3n) is 4.48. The zero-order valence-corrected chi connectivity index (χ0v) is 16.7. The lowest BCUT2D eigenvalue weighted by atomic mass is 10.1. The molecule has 0 aromatic carbocycles. The van der Waals surface area contributed by atoms with Gasteiger partial charge in [-0.3, -0.25) is 9.36 Å². The summed E-state index contributed by atoms with van der Waals surface area (Å²) >= 11 is 1.42. The number of aromatic nitrogens is 3. The molecule has 3 aromatic heterocycles. The highest BCUT2D eigenvalue weighted by Crippen LogP contribution is 2.35. The molecule has 1 saturated heterocycles. The van der Waals surface area contributed by atoms with Crippen LogP contribution in [0.2, 0.25) is 0 Å². The summed E-state index contributed by atoms with van der Waals surface area (Å²) in [6, 6.07) is 1.96. The maximum Gasteiger partial charge on any atom is 0.271 e. The molecule has 140 valence electrons. The van der Waals surface area contributed by atoms with Crippen LogP contribution in [0.1, 0.15) is 33.1 Å². The Hall–Kier alpha value is -1.99. The molecule has 1 aliphatic rings. The van der Waals surface area contributed by atoms with Crippen molar-refractivity contribution >= 4 is 37.5 Å². The lowest BCUT2D eigenvalue weighted by Gasteiger charge is -2.22. The van der Waals surface area contributed by atoms with Crippen molar-refractivity contribution < 1.29 is 4.74 Å². The minimum absolute atomic E-state index is 0.00174. The highest BCUT2D eigenvalue weighted by molar-refractivity contribution is 7.25. The first-order valence-electron chi connectivity index (χ1n) is 9.20. The molecule has 1 fully saturated rings. The van der Waals surface area contributed by atoms with Gasteiger partial charge in [-0.05, 0) is 25.3 Å². The molecule has 26 heavy (non-hydrogen) atoms. The van der Waals surface area contributed by atoms with Gasteiger partial charge >= 0.3 is 0 Å². The smallest absolute Gasteiger partial charge is 0.271 e. The molecule has 3 aromatic rings. The topological polar surface area (TPSA) is 60.2 Å². The first kappa shape index (κ1) is 18.8. The van der Waals surface area contributed by atoms with E-state index in [4.69, 9.17) is 4.74 Å². The highest BCUT2D eigenvalue weighted by atomic mass is 32.1. The van der Waals surface area contributed by atoms with Gasteiger partial charge in [0.25, 0.3) is 5.56 Å². The normalized spacial score (nSPS) is 17.2. The number of hydrogen-bond donors (Lipinski definition) is 0. The molecule has 6 nitrogen and oxygen atoms in total. The summed E-state index contributed by atoms with van der Waals surface area (Å²) in [6.45, 7) is 5.36. The predicted octanol–water partition coefficient (Wildman–Crippen LogP) is 3.67. The first-order chi connectivity index (χ1) is 12.6. The molecule has 7 heteroatoms. The number of hydrogen-bond acceptors (Lipinski definition) is 6. The van der Waals surface area contributed by atoms with E-state index in [2.05, 4.69) is 9.97 Å². The van der Waals surface area contributed by atoms with Crippen molar-refractivity contribution in [2.24, 2.45) is 0 Å². The predicted molar refractivity (Wildman–Crippen MR) is 108 cm³/mol. The Bertz CT molecular complexity index is 942. The molecule has 1 aliphatic heterocycles. The SMILES string of the molecule is CC.CN(C)c1ccnc2sc3c(=O)n(CC4CCCCO4)cnc3c12. The third kappa shape index (κ3) is 3.46. The molecule has 0 radical (unpaired) electrons. The molecule has 0 N–H and O–H groups in total. The van der Waals surface area contributed by atoms with Crippen LogP contribution in [0.15, 0.2) is 23.4 Å². The Morgan fingerprint density at radius 3 is 2.81 bits per heavy atom. The second-order valence-corrected chi connectivity index (χ2v) is 7.37. The summed E-state index contributed by atoms with van der Waals surface area (Å²) in [4.78, 5) is 24.8. The summed E-state index contributed by atoms with van der Waals surface area (Å²) < 4.78 is 8.11. The van der Waals surface area contributed by atoms with Gasteiger partial charge in [0, 0.05) is 26.9 Å². The Kier molecular flexibility index (Phi) is 5.88. The number of anilines is 1. The molecular formula is C19H26N4O2S. The highest BCUT2D eigenvalue weighted by Gasteiger charge is 2.19. The second-order valence-electron chi connectivity index (χ2n) is 6.38. The molecule has 1 unspecified atom stereocenters. The van der Waals surface area contributed by atoms with Crippen LogP contribution < -0.4 is 10.5 Å².